The van der Waals surface area contributed by atoms with Crippen LogP contribution in [0.4, 0.5) is 4.39 Å². The van der Waals surface area contributed by atoms with Crippen molar-refractivity contribution in [3.05, 3.63) is 65.9 Å². The number of benzene rings is 1. The first-order valence-corrected chi connectivity index (χ1v) is 6.18. The molecule has 3 rings (SSSR count). The van der Waals surface area contributed by atoms with Crippen LogP contribution < -0.4 is 5.32 Å². The van der Waals surface area contributed by atoms with Crippen LogP contribution in [0.5, 0.6) is 0 Å². The molecule has 2 N–H and O–H groups in total. The van der Waals surface area contributed by atoms with Crippen LogP contribution in [-0.4, -0.2) is 15.9 Å². The highest BCUT2D eigenvalue weighted by Crippen LogP contribution is 2.18. The van der Waals surface area contributed by atoms with E-state index in [2.05, 4.69) is 15.3 Å². The topological polar surface area (TPSA) is 57.8 Å². The van der Waals surface area contributed by atoms with Crippen molar-refractivity contribution in [3.8, 4) is 0 Å². The van der Waals surface area contributed by atoms with E-state index in [0.717, 1.165) is 5.56 Å². The third kappa shape index (κ3) is 2.38. The molecule has 4 nitrogen and oxygen atoms in total. The molecule has 0 fully saturated rings. The van der Waals surface area contributed by atoms with Crippen molar-refractivity contribution in [2.45, 2.75) is 6.54 Å². The van der Waals surface area contributed by atoms with Gasteiger partial charge in [0.15, 0.2) is 0 Å². The summed E-state index contributed by atoms with van der Waals surface area (Å²) in [6, 6.07) is 9.88. The molecule has 20 heavy (non-hydrogen) atoms. The molecular weight excluding hydrogens is 257 g/mol. The van der Waals surface area contributed by atoms with Gasteiger partial charge in [-0.05, 0) is 35.9 Å². The fraction of sp³-hybridized carbons (Fsp3) is 0.0667. The number of halogens is 1. The Balaban J connectivity index is 1.77. The van der Waals surface area contributed by atoms with E-state index < -0.39 is 0 Å². The number of hydrogen-bond donors (Lipinski definition) is 2. The SMILES string of the molecule is O=C(NCc1ccncc1)c1cc2c(F)cccc2[nH]1. The van der Waals surface area contributed by atoms with Crippen molar-refractivity contribution in [2.75, 3.05) is 0 Å². The number of hydrogen-bond acceptors (Lipinski definition) is 2. The van der Waals surface area contributed by atoms with Crippen molar-refractivity contribution in [2.24, 2.45) is 0 Å². The summed E-state index contributed by atoms with van der Waals surface area (Å²) in [7, 11) is 0. The molecule has 0 saturated carbocycles. The Hall–Kier alpha value is -2.69. The maximum absolute atomic E-state index is 13.6. The summed E-state index contributed by atoms with van der Waals surface area (Å²) < 4.78 is 13.6. The van der Waals surface area contributed by atoms with E-state index in [1.165, 1.54) is 12.1 Å². The third-order valence-corrected chi connectivity index (χ3v) is 3.06. The smallest absolute Gasteiger partial charge is 0.267 e. The van der Waals surface area contributed by atoms with Gasteiger partial charge in [-0.1, -0.05) is 6.07 Å². The molecule has 0 saturated heterocycles. The number of carbonyl (C=O) groups excluding carboxylic acids is 1. The Morgan fingerprint density at radius 1 is 1.25 bits per heavy atom. The molecule has 0 unspecified atom stereocenters. The summed E-state index contributed by atoms with van der Waals surface area (Å²) in [6.07, 6.45) is 3.33. The summed E-state index contributed by atoms with van der Waals surface area (Å²) in [5.74, 6) is -0.607. The first-order chi connectivity index (χ1) is 9.74. The summed E-state index contributed by atoms with van der Waals surface area (Å²) >= 11 is 0. The standard InChI is InChI=1S/C15H12FN3O/c16-12-2-1-3-13-11(12)8-14(19-13)15(20)18-9-10-4-6-17-7-5-10/h1-8,19H,9H2,(H,18,20). The number of carbonyl (C=O) groups is 1. The minimum Gasteiger partial charge on any atom is -0.350 e. The zero-order chi connectivity index (χ0) is 13.9. The number of aromatic nitrogens is 2. The molecule has 2 heterocycles. The van der Waals surface area contributed by atoms with Crippen LogP contribution in [0.25, 0.3) is 10.9 Å². The number of rotatable bonds is 3. The molecule has 0 aliphatic heterocycles. The Morgan fingerprint density at radius 2 is 2.05 bits per heavy atom. The molecule has 0 aliphatic carbocycles. The summed E-state index contributed by atoms with van der Waals surface area (Å²) in [4.78, 5) is 18.8. The molecule has 0 atom stereocenters. The molecule has 1 amide bonds. The summed E-state index contributed by atoms with van der Waals surface area (Å²) in [5, 5.41) is 3.19. The quantitative estimate of drug-likeness (QED) is 0.768. The van der Waals surface area contributed by atoms with Crippen LogP contribution >= 0.6 is 0 Å². The van der Waals surface area contributed by atoms with Crippen LogP contribution in [0.15, 0.2) is 48.8 Å². The van der Waals surface area contributed by atoms with Gasteiger partial charge in [0.2, 0.25) is 0 Å². The lowest BCUT2D eigenvalue weighted by atomic mass is 10.2. The number of H-pyrrole nitrogens is 1. The Kier molecular flexibility index (Phi) is 3.16. The van der Waals surface area contributed by atoms with Gasteiger partial charge < -0.3 is 10.3 Å². The van der Waals surface area contributed by atoms with E-state index >= 15 is 0 Å². The molecule has 1 aromatic carbocycles. The predicted octanol–water partition coefficient (Wildman–Crippen LogP) is 2.63. The minimum absolute atomic E-state index is 0.266. The van der Waals surface area contributed by atoms with Crippen molar-refractivity contribution in [1.29, 1.82) is 0 Å². The molecule has 3 aromatic rings. The van der Waals surface area contributed by atoms with Crippen LogP contribution in [0.1, 0.15) is 16.1 Å². The number of aromatic amines is 1. The van der Waals surface area contributed by atoms with Crippen LogP contribution in [0.2, 0.25) is 0 Å². The van der Waals surface area contributed by atoms with Gasteiger partial charge in [-0.2, -0.15) is 0 Å². The number of fused-ring (bicyclic) bond motifs is 1. The van der Waals surface area contributed by atoms with Gasteiger partial charge in [-0.25, -0.2) is 4.39 Å². The first-order valence-electron chi connectivity index (χ1n) is 6.18. The highest BCUT2D eigenvalue weighted by molar-refractivity contribution is 5.98. The van der Waals surface area contributed by atoms with E-state index in [1.807, 2.05) is 12.1 Å². The monoisotopic (exact) mass is 269 g/mol. The fourth-order valence-corrected chi connectivity index (χ4v) is 2.02. The Bertz CT molecular complexity index is 752. The second kappa shape index (κ2) is 5.13. The largest absolute Gasteiger partial charge is 0.350 e. The molecule has 5 heteroatoms. The predicted molar refractivity (Wildman–Crippen MR) is 73.7 cm³/mol. The van der Waals surface area contributed by atoms with E-state index in [-0.39, 0.29) is 11.7 Å². The van der Waals surface area contributed by atoms with E-state index in [0.29, 0.717) is 23.1 Å². The summed E-state index contributed by atoms with van der Waals surface area (Å²) in [6.45, 7) is 0.402. The Morgan fingerprint density at radius 3 is 2.80 bits per heavy atom. The number of nitrogens with zero attached hydrogens (tertiary/aromatic N) is 1. The van der Waals surface area contributed by atoms with Crippen molar-refractivity contribution < 1.29 is 9.18 Å². The highest BCUT2D eigenvalue weighted by atomic mass is 19.1. The summed E-state index contributed by atoms with van der Waals surface area (Å²) in [5.41, 5.74) is 1.91. The van der Waals surface area contributed by atoms with Gasteiger partial charge in [-0.15, -0.1) is 0 Å². The number of amides is 1. The molecule has 2 aromatic heterocycles. The van der Waals surface area contributed by atoms with Gasteiger partial charge in [0.05, 0.1) is 0 Å². The average Bonchev–Trinajstić information content (AvgIpc) is 2.91. The maximum Gasteiger partial charge on any atom is 0.267 e. The lowest BCUT2D eigenvalue weighted by molar-refractivity contribution is 0.0947. The van der Waals surface area contributed by atoms with Crippen LogP contribution in [0.3, 0.4) is 0 Å². The molecule has 0 radical (unpaired) electrons. The number of pyridine rings is 1. The van der Waals surface area contributed by atoms with Crippen molar-refractivity contribution in [3.63, 3.8) is 0 Å². The molecule has 0 aliphatic rings. The number of nitrogens with one attached hydrogen (secondary N) is 2. The normalized spacial score (nSPS) is 10.7. The van der Waals surface area contributed by atoms with E-state index in [1.54, 1.807) is 24.5 Å². The van der Waals surface area contributed by atoms with Crippen molar-refractivity contribution >= 4 is 16.8 Å². The maximum atomic E-state index is 13.6. The van der Waals surface area contributed by atoms with E-state index in [4.69, 9.17) is 0 Å². The second-order valence-corrected chi connectivity index (χ2v) is 4.42. The average molecular weight is 269 g/mol. The van der Waals surface area contributed by atoms with Gasteiger partial charge in [0.1, 0.15) is 11.5 Å². The molecule has 0 bridgehead atoms. The third-order valence-electron chi connectivity index (χ3n) is 3.06. The molecule has 0 spiro atoms. The van der Waals surface area contributed by atoms with Crippen LogP contribution in [0, 0.1) is 5.82 Å². The Labute approximate surface area is 114 Å². The zero-order valence-corrected chi connectivity index (χ0v) is 10.6. The van der Waals surface area contributed by atoms with Gasteiger partial charge >= 0.3 is 0 Å². The molecular formula is C15H12FN3O. The first kappa shape index (κ1) is 12.3. The highest BCUT2D eigenvalue weighted by Gasteiger charge is 2.11. The fourth-order valence-electron chi connectivity index (χ4n) is 2.02. The zero-order valence-electron chi connectivity index (χ0n) is 10.6. The van der Waals surface area contributed by atoms with Gasteiger partial charge in [-0.3, -0.25) is 9.78 Å². The lowest BCUT2D eigenvalue weighted by Gasteiger charge is -2.03. The van der Waals surface area contributed by atoms with Crippen LogP contribution in [-0.2, 0) is 6.54 Å². The minimum atomic E-state index is -0.341. The van der Waals surface area contributed by atoms with Gasteiger partial charge in [0, 0.05) is 29.8 Å². The second-order valence-electron chi connectivity index (χ2n) is 4.42. The lowest BCUT2D eigenvalue weighted by Crippen LogP contribution is -2.23. The van der Waals surface area contributed by atoms with Crippen molar-refractivity contribution in [1.82, 2.24) is 15.3 Å². The van der Waals surface area contributed by atoms with Gasteiger partial charge in [0.25, 0.3) is 5.91 Å². The molecule has 100 valence electrons. The van der Waals surface area contributed by atoms with E-state index in [9.17, 15) is 9.18 Å².